The van der Waals surface area contributed by atoms with Crippen molar-refractivity contribution in [2.45, 2.75) is 37.3 Å². The topological polar surface area (TPSA) is 106 Å². The number of hydrogen-bond donors (Lipinski definition) is 3. The van der Waals surface area contributed by atoms with Crippen LogP contribution in [0.25, 0.3) is 22.4 Å². The molecule has 4 rings (SSSR count). The lowest BCUT2D eigenvalue weighted by atomic mass is 9.76. The summed E-state index contributed by atoms with van der Waals surface area (Å²) in [5, 5.41) is 0.883. The van der Waals surface area contributed by atoms with E-state index < -0.39 is 11.4 Å². The normalized spacial score (nSPS) is 24.4. The lowest BCUT2D eigenvalue weighted by Gasteiger charge is -2.38. The van der Waals surface area contributed by atoms with Gasteiger partial charge in [0.05, 0.1) is 11.7 Å². The average Bonchev–Trinajstić information content (AvgIpc) is 3.02. The predicted octanol–water partition coefficient (Wildman–Crippen LogP) is 2.21. The Balaban J connectivity index is 1.85. The van der Waals surface area contributed by atoms with Crippen molar-refractivity contribution in [3.05, 3.63) is 42.2 Å². The molecule has 0 amide bonds. The third-order valence-electron chi connectivity index (χ3n) is 4.89. The average molecular weight is 326 g/mol. The van der Waals surface area contributed by atoms with Crippen LogP contribution in [0, 0.1) is 5.82 Å². The van der Waals surface area contributed by atoms with Crippen molar-refractivity contribution in [3.8, 4) is 11.4 Å². The van der Waals surface area contributed by atoms with E-state index in [4.69, 9.17) is 11.5 Å². The summed E-state index contributed by atoms with van der Waals surface area (Å²) >= 11 is 0. The number of nitrogens with two attached hydrogens (primary N) is 2. The number of H-pyrrole nitrogens is 1. The maximum absolute atomic E-state index is 14.4. The van der Waals surface area contributed by atoms with E-state index in [-0.39, 0.29) is 11.7 Å². The van der Waals surface area contributed by atoms with Crippen LogP contribution >= 0.6 is 0 Å². The van der Waals surface area contributed by atoms with E-state index in [9.17, 15) is 4.39 Å². The Morgan fingerprint density at radius 1 is 1.29 bits per heavy atom. The lowest BCUT2D eigenvalue weighted by molar-refractivity contribution is 0.242. The molecule has 7 heteroatoms. The molecule has 0 aliphatic heterocycles. The van der Waals surface area contributed by atoms with Crippen LogP contribution in [-0.2, 0) is 5.54 Å². The molecule has 0 aromatic carbocycles. The number of fused-ring (bicyclic) bond motifs is 1. The van der Waals surface area contributed by atoms with Gasteiger partial charge in [-0.1, -0.05) is 12.8 Å². The quantitative estimate of drug-likeness (QED) is 0.669. The van der Waals surface area contributed by atoms with Crippen molar-refractivity contribution in [2.24, 2.45) is 11.5 Å². The van der Waals surface area contributed by atoms with Crippen LogP contribution in [0.2, 0.25) is 0 Å². The second-order valence-corrected chi connectivity index (χ2v) is 6.38. The first kappa shape index (κ1) is 15.2. The second kappa shape index (κ2) is 5.61. The molecule has 24 heavy (non-hydrogen) atoms. The molecule has 1 saturated carbocycles. The van der Waals surface area contributed by atoms with Crippen molar-refractivity contribution >= 4 is 11.0 Å². The molecule has 1 aliphatic carbocycles. The number of rotatable bonds is 2. The zero-order chi connectivity index (χ0) is 16.7. The smallest absolute Gasteiger partial charge is 0.165 e. The summed E-state index contributed by atoms with van der Waals surface area (Å²) in [5.41, 5.74) is 13.4. The van der Waals surface area contributed by atoms with Crippen LogP contribution in [0.5, 0.6) is 0 Å². The van der Waals surface area contributed by atoms with Gasteiger partial charge in [0.25, 0.3) is 0 Å². The molecule has 1 fully saturated rings. The van der Waals surface area contributed by atoms with Gasteiger partial charge in [-0.2, -0.15) is 0 Å². The van der Waals surface area contributed by atoms with Gasteiger partial charge in [-0.25, -0.2) is 19.3 Å². The first-order valence-corrected chi connectivity index (χ1v) is 8.09. The largest absolute Gasteiger partial charge is 0.345 e. The maximum atomic E-state index is 14.4. The fraction of sp³-hybridized carbons (Fsp3) is 0.353. The summed E-state index contributed by atoms with van der Waals surface area (Å²) in [6.07, 6.45) is 7.98. The second-order valence-electron chi connectivity index (χ2n) is 6.38. The molecule has 2 unspecified atom stereocenters. The fourth-order valence-electron chi connectivity index (χ4n) is 3.48. The molecular weight excluding hydrogens is 307 g/mol. The first-order valence-electron chi connectivity index (χ1n) is 8.09. The van der Waals surface area contributed by atoms with Gasteiger partial charge in [0.1, 0.15) is 11.3 Å². The Bertz CT molecular complexity index is 892. The number of halogens is 1. The number of hydrogen-bond acceptors (Lipinski definition) is 5. The minimum atomic E-state index is -0.954. The van der Waals surface area contributed by atoms with Gasteiger partial charge < -0.3 is 16.5 Å². The van der Waals surface area contributed by atoms with Gasteiger partial charge in [-0.05, 0) is 25.0 Å². The van der Waals surface area contributed by atoms with E-state index in [1.54, 1.807) is 12.4 Å². The molecular formula is C17H19FN6. The summed E-state index contributed by atoms with van der Waals surface area (Å²) in [7, 11) is 0. The van der Waals surface area contributed by atoms with E-state index in [1.807, 2.05) is 12.1 Å². The standard InChI is InChI=1S/C17H19FN6/c18-12-9-23-16(11-8-22-15-10(11)4-3-7-21-15)24-14(12)17(20)6-2-1-5-13(17)19/h3-4,7-9,13H,1-2,5-6,19-20H2,(H,21,22). The van der Waals surface area contributed by atoms with Crippen molar-refractivity contribution in [1.82, 2.24) is 19.9 Å². The highest BCUT2D eigenvalue weighted by atomic mass is 19.1. The van der Waals surface area contributed by atoms with Gasteiger partial charge >= 0.3 is 0 Å². The number of aromatic nitrogens is 4. The fourth-order valence-corrected chi connectivity index (χ4v) is 3.48. The molecule has 0 radical (unpaired) electrons. The Morgan fingerprint density at radius 3 is 3.00 bits per heavy atom. The van der Waals surface area contributed by atoms with E-state index in [2.05, 4.69) is 19.9 Å². The SMILES string of the molecule is NC1CCCCC1(N)c1nc(-c2c[nH]c3ncccc23)ncc1F. The molecule has 0 spiro atoms. The number of nitrogens with zero attached hydrogens (tertiary/aromatic N) is 3. The lowest BCUT2D eigenvalue weighted by Crippen LogP contribution is -2.55. The van der Waals surface area contributed by atoms with Crippen LogP contribution in [0.3, 0.4) is 0 Å². The molecule has 124 valence electrons. The van der Waals surface area contributed by atoms with Crippen molar-refractivity contribution < 1.29 is 4.39 Å². The Hall–Kier alpha value is -2.38. The number of pyridine rings is 1. The van der Waals surface area contributed by atoms with Gasteiger partial charge in [0.2, 0.25) is 0 Å². The maximum Gasteiger partial charge on any atom is 0.165 e. The van der Waals surface area contributed by atoms with Gasteiger partial charge in [0, 0.05) is 29.4 Å². The third-order valence-corrected chi connectivity index (χ3v) is 4.89. The molecule has 3 aromatic heterocycles. The third kappa shape index (κ3) is 2.28. The molecule has 5 N–H and O–H groups in total. The van der Waals surface area contributed by atoms with Crippen LogP contribution in [0.15, 0.2) is 30.7 Å². The zero-order valence-corrected chi connectivity index (χ0v) is 13.2. The van der Waals surface area contributed by atoms with Crippen LogP contribution < -0.4 is 11.5 Å². The van der Waals surface area contributed by atoms with E-state index in [1.165, 1.54) is 6.20 Å². The molecule has 3 aromatic rings. The van der Waals surface area contributed by atoms with Crippen LogP contribution in [0.1, 0.15) is 31.4 Å². The predicted molar refractivity (Wildman–Crippen MR) is 89.4 cm³/mol. The Morgan fingerprint density at radius 2 is 2.17 bits per heavy atom. The molecule has 6 nitrogen and oxygen atoms in total. The molecule has 3 heterocycles. The van der Waals surface area contributed by atoms with Crippen LogP contribution in [0.4, 0.5) is 4.39 Å². The number of nitrogens with one attached hydrogen (secondary N) is 1. The number of aromatic amines is 1. The monoisotopic (exact) mass is 326 g/mol. The summed E-state index contributed by atoms with van der Waals surface area (Å²) in [4.78, 5) is 16.0. The Kier molecular flexibility index (Phi) is 3.54. The van der Waals surface area contributed by atoms with Crippen molar-refractivity contribution in [2.75, 3.05) is 0 Å². The van der Waals surface area contributed by atoms with E-state index >= 15 is 0 Å². The highest BCUT2D eigenvalue weighted by Crippen LogP contribution is 2.35. The van der Waals surface area contributed by atoms with E-state index in [0.29, 0.717) is 12.2 Å². The van der Waals surface area contributed by atoms with Gasteiger partial charge in [-0.15, -0.1) is 0 Å². The minimum absolute atomic E-state index is 0.206. The highest BCUT2D eigenvalue weighted by Gasteiger charge is 2.40. The van der Waals surface area contributed by atoms with Crippen LogP contribution in [-0.4, -0.2) is 26.0 Å². The van der Waals surface area contributed by atoms with Gasteiger partial charge in [0.15, 0.2) is 11.6 Å². The molecule has 2 atom stereocenters. The molecule has 0 saturated heterocycles. The van der Waals surface area contributed by atoms with E-state index in [0.717, 1.165) is 35.9 Å². The summed E-state index contributed by atoms with van der Waals surface area (Å²) in [6, 6.07) is 3.45. The molecule has 1 aliphatic rings. The Labute approximate surface area is 138 Å². The summed E-state index contributed by atoms with van der Waals surface area (Å²) in [5.74, 6) is -0.0789. The van der Waals surface area contributed by atoms with Gasteiger partial charge in [-0.3, -0.25) is 0 Å². The highest BCUT2D eigenvalue weighted by molar-refractivity contribution is 5.91. The van der Waals surface area contributed by atoms with Crippen molar-refractivity contribution in [1.29, 1.82) is 0 Å². The first-order chi connectivity index (χ1) is 11.6. The summed E-state index contributed by atoms with van der Waals surface area (Å²) in [6.45, 7) is 0. The minimum Gasteiger partial charge on any atom is -0.345 e. The zero-order valence-electron chi connectivity index (χ0n) is 13.2. The molecule has 0 bridgehead atoms. The van der Waals surface area contributed by atoms with Crippen molar-refractivity contribution in [3.63, 3.8) is 0 Å². The summed E-state index contributed by atoms with van der Waals surface area (Å²) < 4.78 is 14.4.